The number of nitrogens with one attached hydrogen (secondary N) is 1. The molecule has 0 bridgehead atoms. The Kier molecular flexibility index (Phi) is 2.33. The third-order valence-corrected chi connectivity index (χ3v) is 1.78. The van der Waals surface area contributed by atoms with Crippen LogP contribution >= 0.6 is 0 Å². The minimum Gasteiger partial charge on any atom is -0.311 e. The first kappa shape index (κ1) is 10.5. The first-order valence-electron chi connectivity index (χ1n) is 4.22. The molecule has 84 valence electrons. The number of aromatic nitrogens is 4. The van der Waals surface area contributed by atoms with Crippen LogP contribution in [0.25, 0.3) is 11.2 Å². The number of alkyl halides is 3. The van der Waals surface area contributed by atoms with E-state index in [0.29, 0.717) is 0 Å². The summed E-state index contributed by atoms with van der Waals surface area (Å²) < 4.78 is 36.2. The molecule has 0 fully saturated rings. The van der Waals surface area contributed by atoms with Crippen molar-refractivity contribution < 1.29 is 13.2 Å². The van der Waals surface area contributed by atoms with Gasteiger partial charge in [0.1, 0.15) is 0 Å². The molecule has 0 unspecified atom stereocenters. The third kappa shape index (κ3) is 2.15. The molecule has 0 radical (unpaired) electrons. The number of hydrogen-bond donors (Lipinski definition) is 1. The van der Waals surface area contributed by atoms with Crippen LogP contribution in [0.3, 0.4) is 0 Å². The van der Waals surface area contributed by atoms with Crippen molar-refractivity contribution in [2.45, 2.75) is 12.6 Å². The minimum absolute atomic E-state index is 0.0228. The lowest BCUT2D eigenvalue weighted by Crippen LogP contribution is -2.15. The maximum atomic E-state index is 12.1. The molecule has 2 aromatic heterocycles. The fraction of sp³-hybridized carbons (Fsp3) is 0.250. The highest BCUT2D eigenvalue weighted by molar-refractivity contribution is 5.67. The predicted molar refractivity (Wildman–Crippen MR) is 47.7 cm³/mol. The van der Waals surface area contributed by atoms with Gasteiger partial charge in [-0.1, -0.05) is 0 Å². The summed E-state index contributed by atoms with van der Waals surface area (Å²) in [4.78, 5) is 24.3. The average molecular weight is 230 g/mol. The average Bonchev–Trinajstić information content (AvgIpc) is 2.17. The Balaban J connectivity index is 2.52. The molecule has 0 aliphatic heterocycles. The second-order valence-corrected chi connectivity index (χ2v) is 3.06. The maximum absolute atomic E-state index is 12.1. The zero-order valence-corrected chi connectivity index (χ0v) is 7.75. The quantitative estimate of drug-likeness (QED) is 0.787. The smallest absolute Gasteiger partial charge is 0.311 e. The highest BCUT2D eigenvalue weighted by Gasteiger charge is 2.28. The van der Waals surface area contributed by atoms with E-state index in [9.17, 15) is 18.0 Å². The standard InChI is InChI=1S/C8H5F3N4O/c9-8(10,11)1-4-2-12-6-5(15-4)7(16)14-3-13-6/h2-3H,1H2,(H,12,13,14,16). The van der Waals surface area contributed by atoms with E-state index >= 15 is 0 Å². The number of hydrogen-bond acceptors (Lipinski definition) is 4. The van der Waals surface area contributed by atoms with E-state index in [0.717, 1.165) is 12.5 Å². The van der Waals surface area contributed by atoms with Crippen molar-refractivity contribution in [3.63, 3.8) is 0 Å². The number of halogens is 3. The lowest BCUT2D eigenvalue weighted by molar-refractivity contribution is -0.127. The summed E-state index contributed by atoms with van der Waals surface area (Å²) in [6, 6.07) is 0. The van der Waals surface area contributed by atoms with Gasteiger partial charge in [-0.25, -0.2) is 15.0 Å². The fourth-order valence-corrected chi connectivity index (χ4v) is 1.18. The molecule has 0 aliphatic carbocycles. The molecule has 2 rings (SSSR count). The second-order valence-electron chi connectivity index (χ2n) is 3.06. The van der Waals surface area contributed by atoms with Crippen LogP contribution in [-0.4, -0.2) is 26.1 Å². The van der Waals surface area contributed by atoms with Gasteiger partial charge in [0.25, 0.3) is 5.56 Å². The van der Waals surface area contributed by atoms with E-state index in [4.69, 9.17) is 0 Å². The summed E-state index contributed by atoms with van der Waals surface area (Å²) in [5.74, 6) is 0. The minimum atomic E-state index is -4.38. The SMILES string of the molecule is O=c1[nH]cnc2ncc(CC(F)(F)F)nc12. The summed E-state index contributed by atoms with van der Waals surface area (Å²) in [6.45, 7) is 0. The van der Waals surface area contributed by atoms with Crippen molar-refractivity contribution >= 4 is 11.2 Å². The van der Waals surface area contributed by atoms with Crippen LogP contribution in [0.4, 0.5) is 13.2 Å². The molecule has 2 aromatic rings. The Labute approximate surface area is 86.4 Å². The molecule has 0 atom stereocenters. The summed E-state index contributed by atoms with van der Waals surface area (Å²) in [5, 5.41) is 0. The molecular formula is C8H5F3N4O. The molecule has 16 heavy (non-hydrogen) atoms. The molecule has 0 spiro atoms. The number of H-pyrrole nitrogens is 1. The Morgan fingerprint density at radius 3 is 2.75 bits per heavy atom. The molecule has 0 saturated heterocycles. The second kappa shape index (κ2) is 3.54. The zero-order valence-electron chi connectivity index (χ0n) is 7.75. The molecule has 1 N–H and O–H groups in total. The monoisotopic (exact) mass is 230 g/mol. The van der Waals surface area contributed by atoms with Gasteiger partial charge in [0, 0.05) is 0 Å². The maximum Gasteiger partial charge on any atom is 0.394 e. The van der Waals surface area contributed by atoms with Crippen LogP contribution in [-0.2, 0) is 6.42 Å². The molecule has 5 nitrogen and oxygen atoms in total. The molecule has 2 heterocycles. The Hall–Kier alpha value is -1.99. The van der Waals surface area contributed by atoms with Crippen molar-refractivity contribution in [2.75, 3.05) is 0 Å². The van der Waals surface area contributed by atoms with Gasteiger partial charge in [-0.15, -0.1) is 0 Å². The van der Waals surface area contributed by atoms with Crippen LogP contribution in [0.2, 0.25) is 0 Å². The molecule has 0 aromatic carbocycles. The van der Waals surface area contributed by atoms with E-state index in [1.807, 2.05) is 0 Å². The number of aromatic amines is 1. The Morgan fingerprint density at radius 2 is 2.06 bits per heavy atom. The van der Waals surface area contributed by atoms with Crippen LogP contribution in [0.5, 0.6) is 0 Å². The first-order valence-corrected chi connectivity index (χ1v) is 4.22. The molecule has 8 heteroatoms. The van der Waals surface area contributed by atoms with Crippen LogP contribution in [0.15, 0.2) is 17.3 Å². The van der Waals surface area contributed by atoms with Crippen molar-refractivity contribution in [3.8, 4) is 0 Å². The van der Waals surface area contributed by atoms with Gasteiger partial charge in [-0.05, 0) is 0 Å². The fourth-order valence-electron chi connectivity index (χ4n) is 1.18. The number of fused-ring (bicyclic) bond motifs is 1. The van der Waals surface area contributed by atoms with Gasteiger partial charge in [-0.2, -0.15) is 13.2 Å². The molecule has 0 amide bonds. The Morgan fingerprint density at radius 1 is 1.31 bits per heavy atom. The molecule has 0 saturated carbocycles. The van der Waals surface area contributed by atoms with E-state index < -0.39 is 18.2 Å². The zero-order chi connectivity index (χ0) is 11.8. The topological polar surface area (TPSA) is 71.5 Å². The van der Waals surface area contributed by atoms with Gasteiger partial charge in [0.15, 0.2) is 11.2 Å². The highest BCUT2D eigenvalue weighted by Crippen LogP contribution is 2.19. The first-order chi connectivity index (χ1) is 7.46. The largest absolute Gasteiger partial charge is 0.394 e. The van der Waals surface area contributed by atoms with Crippen LogP contribution in [0, 0.1) is 0 Å². The van der Waals surface area contributed by atoms with E-state index in [2.05, 4.69) is 19.9 Å². The molecule has 0 aliphatic rings. The predicted octanol–water partition coefficient (Wildman–Crippen LogP) is 0.818. The van der Waals surface area contributed by atoms with Gasteiger partial charge >= 0.3 is 6.18 Å². The van der Waals surface area contributed by atoms with Crippen LogP contribution < -0.4 is 5.56 Å². The van der Waals surface area contributed by atoms with Crippen molar-refractivity contribution in [1.29, 1.82) is 0 Å². The van der Waals surface area contributed by atoms with E-state index in [-0.39, 0.29) is 16.9 Å². The summed E-state index contributed by atoms with van der Waals surface area (Å²) in [6.07, 6.45) is -3.52. The molecular weight excluding hydrogens is 225 g/mol. The van der Waals surface area contributed by atoms with Crippen molar-refractivity contribution in [1.82, 2.24) is 19.9 Å². The third-order valence-electron chi connectivity index (χ3n) is 1.78. The number of nitrogens with zero attached hydrogens (tertiary/aromatic N) is 3. The van der Waals surface area contributed by atoms with Gasteiger partial charge in [0.2, 0.25) is 0 Å². The summed E-state index contributed by atoms with van der Waals surface area (Å²) in [7, 11) is 0. The Bertz CT molecular complexity index is 577. The normalized spacial score (nSPS) is 11.9. The van der Waals surface area contributed by atoms with Crippen molar-refractivity contribution in [3.05, 3.63) is 28.6 Å². The lowest BCUT2D eigenvalue weighted by atomic mass is 10.3. The van der Waals surface area contributed by atoms with Gasteiger partial charge < -0.3 is 4.98 Å². The summed E-state index contributed by atoms with van der Waals surface area (Å²) >= 11 is 0. The van der Waals surface area contributed by atoms with E-state index in [1.165, 1.54) is 0 Å². The highest BCUT2D eigenvalue weighted by atomic mass is 19.4. The van der Waals surface area contributed by atoms with Gasteiger partial charge in [-0.3, -0.25) is 4.79 Å². The summed E-state index contributed by atoms with van der Waals surface area (Å²) in [5.41, 5.74) is -1.08. The van der Waals surface area contributed by atoms with Crippen molar-refractivity contribution in [2.24, 2.45) is 0 Å². The van der Waals surface area contributed by atoms with Gasteiger partial charge in [0.05, 0.1) is 24.6 Å². The van der Waals surface area contributed by atoms with E-state index in [1.54, 1.807) is 0 Å². The number of rotatable bonds is 1. The van der Waals surface area contributed by atoms with Crippen LogP contribution in [0.1, 0.15) is 5.69 Å². The lowest BCUT2D eigenvalue weighted by Gasteiger charge is -2.04.